The Bertz CT molecular complexity index is 594. The number of piperidine rings is 1. The molecule has 0 aromatic heterocycles. The van der Waals surface area contributed by atoms with Crippen molar-refractivity contribution < 1.29 is 14.6 Å². The summed E-state index contributed by atoms with van der Waals surface area (Å²) in [7, 11) is 0. The molecule has 0 radical (unpaired) electrons. The Morgan fingerprint density at radius 2 is 1.73 bits per heavy atom. The summed E-state index contributed by atoms with van der Waals surface area (Å²) in [5.74, 6) is 0.292. The maximum atomic E-state index is 12.7. The molecule has 0 bridgehead atoms. The van der Waals surface area contributed by atoms with Gasteiger partial charge in [0, 0.05) is 38.4 Å². The van der Waals surface area contributed by atoms with E-state index in [1.807, 2.05) is 43.9 Å². The van der Waals surface area contributed by atoms with Crippen LogP contribution >= 0.6 is 0 Å². The van der Waals surface area contributed by atoms with Crippen molar-refractivity contribution in [2.75, 3.05) is 44.2 Å². The molecule has 2 fully saturated rings. The van der Waals surface area contributed by atoms with Crippen molar-refractivity contribution in [3.05, 3.63) is 30.3 Å². The Hall–Kier alpha value is -1.47. The molecular formula is C20H31N3O3. The first-order chi connectivity index (χ1) is 12.3. The fourth-order valence-corrected chi connectivity index (χ4v) is 3.72. The summed E-state index contributed by atoms with van der Waals surface area (Å²) in [6.07, 6.45) is -0.0258. The summed E-state index contributed by atoms with van der Waals surface area (Å²) in [6, 6.07) is 10.1. The summed E-state index contributed by atoms with van der Waals surface area (Å²) < 4.78 is 5.63. The van der Waals surface area contributed by atoms with Crippen LogP contribution in [0.1, 0.15) is 27.2 Å². The Balaban J connectivity index is 1.50. The third-order valence-electron chi connectivity index (χ3n) is 5.07. The monoisotopic (exact) mass is 361 g/mol. The van der Waals surface area contributed by atoms with E-state index in [0.29, 0.717) is 25.4 Å². The van der Waals surface area contributed by atoms with Crippen molar-refractivity contribution in [3.63, 3.8) is 0 Å². The molecule has 2 atom stereocenters. The van der Waals surface area contributed by atoms with Crippen LogP contribution in [-0.2, 0) is 9.53 Å². The van der Waals surface area contributed by atoms with Gasteiger partial charge in [0.05, 0.1) is 18.2 Å². The maximum Gasteiger partial charge on any atom is 0.216 e. The first-order valence-electron chi connectivity index (χ1n) is 9.50. The predicted octanol–water partition coefficient (Wildman–Crippen LogP) is 1.54. The van der Waals surface area contributed by atoms with Gasteiger partial charge in [-0.15, -0.1) is 0 Å². The molecule has 0 aliphatic carbocycles. The first kappa shape index (κ1) is 19.3. The van der Waals surface area contributed by atoms with Gasteiger partial charge in [-0.2, -0.15) is 0 Å². The minimum atomic E-state index is -0.882. The highest BCUT2D eigenvalue weighted by atomic mass is 16.6. The molecule has 2 saturated heterocycles. The largest absolute Gasteiger partial charge is 0.364 e. The second kappa shape index (κ2) is 8.05. The van der Waals surface area contributed by atoms with Crippen molar-refractivity contribution in [3.8, 4) is 0 Å². The molecule has 26 heavy (non-hydrogen) atoms. The molecule has 2 aliphatic heterocycles. The summed E-state index contributed by atoms with van der Waals surface area (Å²) in [5, 5.41) is 10.2. The van der Waals surface area contributed by atoms with Crippen LogP contribution in [0.15, 0.2) is 30.3 Å². The molecule has 2 unspecified atom stereocenters. The highest BCUT2D eigenvalue weighted by Crippen LogP contribution is 2.22. The number of Topliss-reactive ketones (excluding diaryl/α,β-unsaturated/α-hetero) is 1. The SMILES string of the molecule is CC(C)(C)OC(O)N1CCN(C2CCN(c3ccccc3)CC2=O)CC1. The minimum absolute atomic E-state index is 0.00205. The van der Waals surface area contributed by atoms with Gasteiger partial charge < -0.3 is 14.7 Å². The van der Waals surface area contributed by atoms with Gasteiger partial charge in [0.1, 0.15) is 0 Å². The Morgan fingerprint density at radius 1 is 1.08 bits per heavy atom. The van der Waals surface area contributed by atoms with Gasteiger partial charge >= 0.3 is 0 Å². The molecule has 2 aliphatic rings. The molecule has 6 heteroatoms. The fraction of sp³-hybridized carbons (Fsp3) is 0.650. The van der Waals surface area contributed by atoms with Crippen LogP contribution in [0.5, 0.6) is 0 Å². The van der Waals surface area contributed by atoms with E-state index in [0.717, 1.165) is 31.7 Å². The van der Waals surface area contributed by atoms with E-state index in [2.05, 4.69) is 21.9 Å². The lowest BCUT2D eigenvalue weighted by atomic mass is 10.00. The molecule has 2 heterocycles. The number of aliphatic hydroxyl groups is 1. The van der Waals surface area contributed by atoms with Gasteiger partial charge in [0.25, 0.3) is 0 Å². The van der Waals surface area contributed by atoms with E-state index >= 15 is 0 Å². The van der Waals surface area contributed by atoms with Gasteiger partial charge in [-0.05, 0) is 39.3 Å². The average Bonchev–Trinajstić information content (AvgIpc) is 2.61. The second-order valence-corrected chi connectivity index (χ2v) is 8.16. The molecule has 0 amide bonds. The summed E-state index contributed by atoms with van der Waals surface area (Å²) >= 11 is 0. The number of benzene rings is 1. The molecule has 144 valence electrons. The number of hydrogen-bond donors (Lipinski definition) is 1. The molecule has 1 N–H and O–H groups in total. The van der Waals surface area contributed by atoms with Gasteiger partial charge in [0.15, 0.2) is 5.78 Å². The van der Waals surface area contributed by atoms with Crippen LogP contribution < -0.4 is 4.90 Å². The number of anilines is 1. The number of ketones is 1. The number of ether oxygens (including phenoxy) is 1. The van der Waals surface area contributed by atoms with E-state index in [1.165, 1.54) is 0 Å². The number of piperazine rings is 1. The Kier molecular flexibility index (Phi) is 5.97. The lowest BCUT2D eigenvalue weighted by molar-refractivity contribution is -0.244. The maximum absolute atomic E-state index is 12.7. The topological polar surface area (TPSA) is 56.3 Å². The van der Waals surface area contributed by atoms with Crippen molar-refractivity contribution in [2.45, 2.75) is 45.2 Å². The first-order valence-corrected chi connectivity index (χ1v) is 9.50. The Morgan fingerprint density at radius 3 is 2.31 bits per heavy atom. The molecule has 3 rings (SSSR count). The summed E-state index contributed by atoms with van der Waals surface area (Å²) in [5.41, 5.74) is 0.739. The van der Waals surface area contributed by atoms with Crippen LogP contribution in [0.4, 0.5) is 5.69 Å². The van der Waals surface area contributed by atoms with E-state index in [9.17, 15) is 9.90 Å². The molecule has 6 nitrogen and oxygen atoms in total. The minimum Gasteiger partial charge on any atom is -0.364 e. The average molecular weight is 361 g/mol. The zero-order chi connectivity index (χ0) is 18.7. The van der Waals surface area contributed by atoms with Gasteiger partial charge in [-0.3, -0.25) is 14.6 Å². The van der Waals surface area contributed by atoms with Crippen molar-refractivity contribution in [1.29, 1.82) is 0 Å². The highest BCUT2D eigenvalue weighted by Gasteiger charge is 2.35. The van der Waals surface area contributed by atoms with Crippen molar-refractivity contribution in [2.24, 2.45) is 0 Å². The van der Waals surface area contributed by atoms with E-state index in [-0.39, 0.29) is 11.6 Å². The number of aliphatic hydroxyl groups excluding tert-OH is 1. The van der Waals surface area contributed by atoms with Crippen LogP contribution in [0.25, 0.3) is 0 Å². The summed E-state index contributed by atoms with van der Waals surface area (Å²) in [6.45, 7) is 10.2. The number of carbonyl (C=O) groups excluding carboxylic acids is 1. The smallest absolute Gasteiger partial charge is 0.216 e. The molecule has 1 aromatic carbocycles. The predicted molar refractivity (Wildman–Crippen MR) is 102 cm³/mol. The normalized spacial score (nSPS) is 24.7. The lowest BCUT2D eigenvalue weighted by Gasteiger charge is -2.43. The van der Waals surface area contributed by atoms with Gasteiger partial charge in [-0.1, -0.05) is 18.2 Å². The van der Waals surface area contributed by atoms with Crippen LogP contribution in [0.2, 0.25) is 0 Å². The standard InChI is InChI=1S/C20H31N3O3/c1-20(2,3)26-19(25)22-13-11-21(12-14-22)17-9-10-23(15-18(17)24)16-7-5-4-6-8-16/h4-8,17,19,25H,9-15H2,1-3H3. The van der Waals surface area contributed by atoms with Crippen LogP contribution in [0.3, 0.4) is 0 Å². The zero-order valence-electron chi connectivity index (χ0n) is 16.1. The number of hydrogen-bond acceptors (Lipinski definition) is 6. The van der Waals surface area contributed by atoms with E-state index < -0.39 is 6.41 Å². The zero-order valence-corrected chi connectivity index (χ0v) is 16.1. The summed E-state index contributed by atoms with van der Waals surface area (Å²) in [4.78, 5) is 19.1. The number of para-hydroxylation sites is 1. The third-order valence-corrected chi connectivity index (χ3v) is 5.07. The lowest BCUT2D eigenvalue weighted by Crippen LogP contribution is -2.59. The molecule has 0 spiro atoms. The molecular weight excluding hydrogens is 330 g/mol. The molecule has 0 saturated carbocycles. The quantitative estimate of drug-likeness (QED) is 0.821. The van der Waals surface area contributed by atoms with Crippen molar-refractivity contribution >= 4 is 11.5 Å². The van der Waals surface area contributed by atoms with Gasteiger partial charge in [-0.25, -0.2) is 0 Å². The molecule has 1 aromatic rings. The van der Waals surface area contributed by atoms with Crippen LogP contribution in [-0.4, -0.2) is 78.0 Å². The van der Waals surface area contributed by atoms with E-state index in [1.54, 1.807) is 0 Å². The second-order valence-electron chi connectivity index (χ2n) is 8.16. The van der Waals surface area contributed by atoms with Crippen LogP contribution in [0, 0.1) is 0 Å². The Labute approximate surface area is 156 Å². The van der Waals surface area contributed by atoms with Crippen molar-refractivity contribution in [1.82, 2.24) is 9.80 Å². The number of carbonyl (C=O) groups is 1. The number of rotatable bonds is 4. The number of nitrogens with zero attached hydrogens (tertiary/aromatic N) is 3. The fourth-order valence-electron chi connectivity index (χ4n) is 3.72. The third kappa shape index (κ3) is 4.82. The highest BCUT2D eigenvalue weighted by molar-refractivity contribution is 5.89. The van der Waals surface area contributed by atoms with E-state index in [4.69, 9.17) is 4.74 Å². The van der Waals surface area contributed by atoms with Gasteiger partial charge in [0.2, 0.25) is 6.41 Å².